The minimum Gasteiger partial charge on any atom is -0.345 e. The number of benzene rings is 1. The number of nitrogens with zero attached hydrogens (tertiary/aromatic N) is 7. The van der Waals surface area contributed by atoms with Crippen LogP contribution in [0.5, 0.6) is 0 Å². The molecule has 8 nitrogen and oxygen atoms in total. The topological polar surface area (TPSA) is 80.0 Å². The number of piperazine rings is 1. The second-order valence-electron chi connectivity index (χ2n) is 6.17. The van der Waals surface area contributed by atoms with Crippen LogP contribution < -0.4 is 4.90 Å². The molecule has 3 aromatic rings. The van der Waals surface area contributed by atoms with Gasteiger partial charge < -0.3 is 9.80 Å². The number of thiazole rings is 1. The van der Waals surface area contributed by atoms with E-state index in [0.717, 1.165) is 29.6 Å². The Morgan fingerprint density at radius 3 is 2.54 bits per heavy atom. The highest BCUT2D eigenvalue weighted by Crippen LogP contribution is 2.19. The molecule has 0 saturated carbocycles. The van der Waals surface area contributed by atoms with Gasteiger partial charge in [-0.25, -0.2) is 9.67 Å². The van der Waals surface area contributed by atoms with E-state index < -0.39 is 0 Å². The monoisotopic (exact) mass is 369 g/mol. The second kappa shape index (κ2) is 7.20. The van der Waals surface area contributed by atoms with Crippen molar-refractivity contribution in [1.29, 1.82) is 0 Å². The lowest BCUT2D eigenvalue weighted by molar-refractivity contribution is 0.0747. The molecule has 1 amide bonds. The van der Waals surface area contributed by atoms with Crippen LogP contribution in [0.4, 0.5) is 5.13 Å². The molecule has 0 unspecified atom stereocenters. The largest absolute Gasteiger partial charge is 0.345 e. The van der Waals surface area contributed by atoms with Crippen LogP contribution in [0.1, 0.15) is 21.7 Å². The van der Waals surface area contributed by atoms with Crippen LogP contribution in [-0.2, 0) is 6.54 Å². The zero-order valence-electron chi connectivity index (χ0n) is 14.4. The Hall–Kier alpha value is -2.81. The van der Waals surface area contributed by atoms with Crippen molar-refractivity contribution in [1.82, 2.24) is 30.1 Å². The molecule has 1 fully saturated rings. The van der Waals surface area contributed by atoms with Gasteiger partial charge in [-0.3, -0.25) is 4.79 Å². The van der Waals surface area contributed by atoms with Gasteiger partial charge in [0.25, 0.3) is 5.91 Å². The second-order valence-corrected chi connectivity index (χ2v) is 7.05. The summed E-state index contributed by atoms with van der Waals surface area (Å²) in [5.41, 5.74) is 1.77. The highest BCUT2D eigenvalue weighted by atomic mass is 32.1. The van der Waals surface area contributed by atoms with Gasteiger partial charge in [0, 0.05) is 43.3 Å². The predicted molar refractivity (Wildman–Crippen MR) is 98.3 cm³/mol. The van der Waals surface area contributed by atoms with E-state index in [1.165, 1.54) is 0 Å². The Balaban J connectivity index is 1.37. The van der Waals surface area contributed by atoms with E-state index in [1.807, 2.05) is 47.7 Å². The molecular formula is C17H19N7OS. The summed E-state index contributed by atoms with van der Waals surface area (Å²) in [4.78, 5) is 21.2. The van der Waals surface area contributed by atoms with Gasteiger partial charge >= 0.3 is 0 Å². The molecule has 1 aromatic carbocycles. The number of rotatable bonds is 4. The molecule has 0 spiro atoms. The molecule has 1 saturated heterocycles. The first kappa shape index (κ1) is 16.6. The minimum atomic E-state index is 0.0777. The number of tetrazole rings is 1. The first-order valence-corrected chi connectivity index (χ1v) is 9.34. The summed E-state index contributed by atoms with van der Waals surface area (Å²) in [6.45, 7) is 5.52. The number of carbonyl (C=O) groups excluding carboxylic acids is 1. The molecule has 26 heavy (non-hydrogen) atoms. The summed E-state index contributed by atoms with van der Waals surface area (Å²) in [6.07, 6.45) is 1.82. The number of aryl methyl sites for hydroxylation is 1. The molecule has 134 valence electrons. The molecule has 0 radical (unpaired) electrons. The van der Waals surface area contributed by atoms with Crippen molar-refractivity contribution in [2.24, 2.45) is 0 Å². The number of aromatic nitrogens is 5. The fourth-order valence-electron chi connectivity index (χ4n) is 2.98. The molecule has 2 aromatic heterocycles. The Bertz CT molecular complexity index is 867. The van der Waals surface area contributed by atoms with Gasteiger partial charge in [-0.15, -0.1) is 16.4 Å². The van der Waals surface area contributed by atoms with Gasteiger partial charge in [-0.05, 0) is 35.0 Å². The lowest BCUT2D eigenvalue weighted by Crippen LogP contribution is -2.48. The summed E-state index contributed by atoms with van der Waals surface area (Å²) in [5, 5.41) is 14.5. The van der Waals surface area contributed by atoms with Gasteiger partial charge in [0.15, 0.2) is 5.13 Å². The fourth-order valence-corrected chi connectivity index (χ4v) is 3.67. The van der Waals surface area contributed by atoms with Crippen molar-refractivity contribution in [3.8, 4) is 0 Å². The third kappa shape index (κ3) is 3.43. The van der Waals surface area contributed by atoms with Crippen molar-refractivity contribution in [3.05, 3.63) is 52.8 Å². The summed E-state index contributed by atoms with van der Waals surface area (Å²) in [5.74, 6) is 0.845. The van der Waals surface area contributed by atoms with Crippen LogP contribution in [-0.4, -0.2) is 62.2 Å². The zero-order chi connectivity index (χ0) is 17.9. The number of anilines is 1. The molecule has 3 heterocycles. The van der Waals surface area contributed by atoms with E-state index in [0.29, 0.717) is 25.2 Å². The van der Waals surface area contributed by atoms with Crippen LogP contribution in [0.3, 0.4) is 0 Å². The van der Waals surface area contributed by atoms with E-state index in [2.05, 4.69) is 25.4 Å². The molecule has 0 atom stereocenters. The van der Waals surface area contributed by atoms with E-state index in [1.54, 1.807) is 16.0 Å². The smallest absolute Gasteiger partial charge is 0.253 e. The average molecular weight is 369 g/mol. The zero-order valence-corrected chi connectivity index (χ0v) is 15.3. The van der Waals surface area contributed by atoms with Crippen molar-refractivity contribution in [2.45, 2.75) is 13.5 Å². The number of carbonyl (C=O) groups is 1. The normalized spacial score (nSPS) is 14.7. The van der Waals surface area contributed by atoms with E-state index in [-0.39, 0.29) is 5.91 Å². The van der Waals surface area contributed by atoms with Crippen molar-refractivity contribution in [2.75, 3.05) is 31.1 Å². The minimum absolute atomic E-state index is 0.0777. The highest BCUT2D eigenvalue weighted by Gasteiger charge is 2.23. The van der Waals surface area contributed by atoms with Gasteiger partial charge in [0.1, 0.15) is 5.82 Å². The molecule has 1 aliphatic heterocycles. The predicted octanol–water partition coefficient (Wildman–Crippen LogP) is 1.45. The highest BCUT2D eigenvalue weighted by molar-refractivity contribution is 7.13. The van der Waals surface area contributed by atoms with Crippen LogP contribution in [0.15, 0.2) is 35.8 Å². The summed E-state index contributed by atoms with van der Waals surface area (Å²) in [7, 11) is 0. The van der Waals surface area contributed by atoms with Gasteiger partial charge in [0.05, 0.1) is 6.54 Å². The Kier molecular flexibility index (Phi) is 4.61. The maximum Gasteiger partial charge on any atom is 0.253 e. The molecule has 9 heteroatoms. The van der Waals surface area contributed by atoms with Crippen molar-refractivity contribution >= 4 is 22.4 Å². The lowest BCUT2D eigenvalue weighted by Gasteiger charge is -2.34. The summed E-state index contributed by atoms with van der Waals surface area (Å²) < 4.78 is 1.73. The van der Waals surface area contributed by atoms with Crippen molar-refractivity contribution in [3.63, 3.8) is 0 Å². The summed E-state index contributed by atoms with van der Waals surface area (Å²) >= 11 is 1.63. The number of hydrogen-bond acceptors (Lipinski definition) is 7. The molecule has 1 aliphatic rings. The first-order chi connectivity index (χ1) is 12.7. The van der Waals surface area contributed by atoms with Gasteiger partial charge in [0.2, 0.25) is 0 Å². The Morgan fingerprint density at radius 2 is 1.92 bits per heavy atom. The van der Waals surface area contributed by atoms with Crippen molar-refractivity contribution < 1.29 is 4.79 Å². The molecular weight excluding hydrogens is 350 g/mol. The Labute approximate surface area is 155 Å². The number of hydrogen-bond donors (Lipinski definition) is 0. The van der Waals surface area contributed by atoms with E-state index >= 15 is 0 Å². The molecule has 0 aliphatic carbocycles. The average Bonchev–Trinajstić information content (AvgIpc) is 3.35. The van der Waals surface area contributed by atoms with Crippen LogP contribution >= 0.6 is 11.3 Å². The van der Waals surface area contributed by atoms with Gasteiger partial charge in [-0.1, -0.05) is 12.1 Å². The van der Waals surface area contributed by atoms with E-state index in [4.69, 9.17) is 0 Å². The fraction of sp³-hybridized carbons (Fsp3) is 0.353. The van der Waals surface area contributed by atoms with Crippen LogP contribution in [0.2, 0.25) is 0 Å². The molecule has 0 N–H and O–H groups in total. The molecule has 4 rings (SSSR count). The standard InChI is InChI=1S/C17H19N7OS/c1-13-19-20-21-24(13)12-14-2-4-15(5-3-14)16(25)22-7-9-23(10-8-22)17-18-6-11-26-17/h2-6,11H,7-10,12H2,1H3. The van der Waals surface area contributed by atoms with E-state index in [9.17, 15) is 4.79 Å². The Morgan fingerprint density at radius 1 is 1.15 bits per heavy atom. The SMILES string of the molecule is Cc1nnnn1Cc1ccc(C(=O)N2CCN(c3nccs3)CC2)cc1. The third-order valence-electron chi connectivity index (χ3n) is 4.50. The first-order valence-electron chi connectivity index (χ1n) is 8.46. The quantitative estimate of drug-likeness (QED) is 0.692. The maximum absolute atomic E-state index is 12.7. The lowest BCUT2D eigenvalue weighted by atomic mass is 10.1. The van der Waals surface area contributed by atoms with Crippen LogP contribution in [0.25, 0.3) is 0 Å². The maximum atomic E-state index is 12.7. The third-order valence-corrected chi connectivity index (χ3v) is 5.33. The van der Waals surface area contributed by atoms with Gasteiger partial charge in [-0.2, -0.15) is 0 Å². The van der Waals surface area contributed by atoms with Crippen LogP contribution in [0, 0.1) is 6.92 Å². The summed E-state index contributed by atoms with van der Waals surface area (Å²) in [6, 6.07) is 7.68. The number of amides is 1. The molecule has 0 bridgehead atoms.